The van der Waals surface area contributed by atoms with E-state index in [4.69, 9.17) is 4.74 Å². The molecule has 0 saturated heterocycles. The van der Waals surface area contributed by atoms with Crippen molar-refractivity contribution in [1.29, 1.82) is 0 Å². The molecule has 2 atom stereocenters. The summed E-state index contributed by atoms with van der Waals surface area (Å²) in [6, 6.07) is 0.144. The fraction of sp³-hybridized carbons (Fsp3) is 0.923. The Kier molecular flexibility index (Phi) is 6.01. The largest absolute Gasteiger partial charge is 0.469 e. The number of ether oxygens (including phenoxy) is 1. The van der Waals surface area contributed by atoms with E-state index in [1.165, 1.54) is 7.11 Å². The Morgan fingerprint density at radius 2 is 1.75 bits per heavy atom. The lowest BCUT2D eigenvalue weighted by Crippen LogP contribution is -2.43. The van der Waals surface area contributed by atoms with Crippen LogP contribution >= 0.6 is 0 Å². The molecule has 0 heterocycles. The van der Waals surface area contributed by atoms with Crippen molar-refractivity contribution in [1.82, 2.24) is 5.32 Å². The highest BCUT2D eigenvalue weighted by molar-refractivity contribution is 5.72. The van der Waals surface area contributed by atoms with Gasteiger partial charge in [0.1, 0.15) is 0 Å². The van der Waals surface area contributed by atoms with Crippen molar-refractivity contribution in [3.05, 3.63) is 0 Å². The number of nitrogens with one attached hydrogen (secondary N) is 1. The summed E-state index contributed by atoms with van der Waals surface area (Å²) in [6.45, 7) is 13.7. The second-order valence-electron chi connectivity index (χ2n) is 5.62. The van der Waals surface area contributed by atoms with Gasteiger partial charge >= 0.3 is 5.97 Å². The number of hydrogen-bond donors (Lipinski definition) is 1. The molecule has 0 aliphatic carbocycles. The lowest BCUT2D eigenvalue weighted by atomic mass is 9.81. The molecule has 16 heavy (non-hydrogen) atoms. The van der Waals surface area contributed by atoms with Crippen LogP contribution in [0.25, 0.3) is 0 Å². The molecule has 0 amide bonds. The van der Waals surface area contributed by atoms with Gasteiger partial charge in [0.25, 0.3) is 0 Å². The van der Waals surface area contributed by atoms with E-state index in [2.05, 4.69) is 33.0 Å². The van der Waals surface area contributed by atoms with Gasteiger partial charge in [-0.2, -0.15) is 0 Å². The Bertz CT molecular complexity index is 224. The summed E-state index contributed by atoms with van der Waals surface area (Å²) in [6.07, 6.45) is 0. The van der Waals surface area contributed by atoms with Crippen molar-refractivity contribution in [2.45, 2.75) is 47.6 Å². The van der Waals surface area contributed by atoms with E-state index in [1.54, 1.807) is 0 Å². The maximum Gasteiger partial charge on any atom is 0.309 e. The molecule has 0 aliphatic rings. The molecule has 0 aromatic carbocycles. The van der Waals surface area contributed by atoms with Crippen molar-refractivity contribution in [2.24, 2.45) is 17.3 Å². The van der Waals surface area contributed by atoms with E-state index >= 15 is 0 Å². The molecule has 0 aromatic rings. The van der Waals surface area contributed by atoms with Gasteiger partial charge in [-0.3, -0.25) is 4.79 Å². The van der Waals surface area contributed by atoms with Crippen molar-refractivity contribution in [3.8, 4) is 0 Å². The normalized spacial score (nSPS) is 16.0. The van der Waals surface area contributed by atoms with Crippen LogP contribution in [0.2, 0.25) is 0 Å². The predicted octanol–water partition coefficient (Wildman–Crippen LogP) is 2.46. The van der Waals surface area contributed by atoms with Gasteiger partial charge in [0.05, 0.1) is 13.0 Å². The maximum absolute atomic E-state index is 11.3. The predicted molar refractivity (Wildman–Crippen MR) is 67.3 cm³/mol. The SMILES string of the molecule is COC(=O)C(C)C(C)NCC(C)(C)C(C)C. The second kappa shape index (κ2) is 6.24. The van der Waals surface area contributed by atoms with E-state index in [-0.39, 0.29) is 23.3 Å². The summed E-state index contributed by atoms with van der Waals surface area (Å²) < 4.78 is 4.73. The molecule has 0 radical (unpaired) electrons. The minimum absolute atomic E-state index is 0.104. The highest BCUT2D eigenvalue weighted by Gasteiger charge is 2.26. The standard InChI is InChI=1S/C13H27NO2/c1-9(2)13(5,6)8-14-11(4)10(3)12(15)16-7/h9-11,14H,8H2,1-7H3. The van der Waals surface area contributed by atoms with Crippen LogP contribution in [0.1, 0.15) is 41.5 Å². The molecule has 3 heteroatoms. The molecule has 0 bridgehead atoms. The quantitative estimate of drug-likeness (QED) is 0.711. The lowest BCUT2D eigenvalue weighted by molar-refractivity contribution is -0.145. The summed E-state index contributed by atoms with van der Waals surface area (Å²) in [7, 11) is 1.43. The van der Waals surface area contributed by atoms with Gasteiger partial charge in [0.2, 0.25) is 0 Å². The van der Waals surface area contributed by atoms with E-state index < -0.39 is 0 Å². The van der Waals surface area contributed by atoms with Gasteiger partial charge in [0, 0.05) is 12.6 Å². The zero-order valence-corrected chi connectivity index (χ0v) is 11.8. The third kappa shape index (κ3) is 4.52. The summed E-state index contributed by atoms with van der Waals surface area (Å²) in [5.74, 6) is 0.357. The first-order chi connectivity index (χ1) is 7.22. The highest BCUT2D eigenvalue weighted by Crippen LogP contribution is 2.25. The van der Waals surface area contributed by atoms with Crippen LogP contribution in [0.4, 0.5) is 0 Å². The Labute approximate surface area is 99.9 Å². The third-order valence-electron chi connectivity index (χ3n) is 3.77. The average Bonchev–Trinajstić information content (AvgIpc) is 2.23. The number of carbonyl (C=O) groups excluding carboxylic acids is 1. The van der Waals surface area contributed by atoms with Gasteiger partial charge in [-0.25, -0.2) is 0 Å². The topological polar surface area (TPSA) is 38.3 Å². The fourth-order valence-electron chi connectivity index (χ4n) is 1.19. The van der Waals surface area contributed by atoms with Crippen LogP contribution < -0.4 is 5.32 Å². The lowest BCUT2D eigenvalue weighted by Gasteiger charge is -2.32. The highest BCUT2D eigenvalue weighted by atomic mass is 16.5. The third-order valence-corrected chi connectivity index (χ3v) is 3.77. The second-order valence-corrected chi connectivity index (χ2v) is 5.62. The molecule has 0 fully saturated rings. The number of carbonyl (C=O) groups is 1. The Morgan fingerprint density at radius 3 is 2.12 bits per heavy atom. The van der Waals surface area contributed by atoms with Crippen molar-refractivity contribution in [3.63, 3.8) is 0 Å². The Hall–Kier alpha value is -0.570. The van der Waals surface area contributed by atoms with Crippen LogP contribution in [0.3, 0.4) is 0 Å². The summed E-state index contributed by atoms with van der Waals surface area (Å²) in [5.41, 5.74) is 0.240. The molecule has 0 saturated carbocycles. The van der Waals surface area contributed by atoms with Gasteiger partial charge in [0.15, 0.2) is 0 Å². The van der Waals surface area contributed by atoms with Crippen molar-refractivity contribution < 1.29 is 9.53 Å². The number of methoxy groups -OCH3 is 1. The van der Waals surface area contributed by atoms with Crippen molar-refractivity contribution in [2.75, 3.05) is 13.7 Å². The van der Waals surface area contributed by atoms with Crippen LogP contribution in [-0.2, 0) is 9.53 Å². The Morgan fingerprint density at radius 1 is 1.25 bits per heavy atom. The van der Waals surface area contributed by atoms with E-state index in [0.29, 0.717) is 5.92 Å². The molecule has 0 aromatic heterocycles. The van der Waals surface area contributed by atoms with E-state index in [0.717, 1.165) is 6.54 Å². The monoisotopic (exact) mass is 229 g/mol. The van der Waals surface area contributed by atoms with Gasteiger partial charge in [-0.15, -0.1) is 0 Å². The number of esters is 1. The van der Waals surface area contributed by atoms with Crippen LogP contribution in [0.15, 0.2) is 0 Å². The first-order valence-corrected chi connectivity index (χ1v) is 6.03. The van der Waals surface area contributed by atoms with Gasteiger partial charge in [-0.1, -0.05) is 34.6 Å². The maximum atomic E-state index is 11.3. The fourth-order valence-corrected chi connectivity index (χ4v) is 1.19. The molecular formula is C13H27NO2. The molecule has 2 unspecified atom stereocenters. The van der Waals surface area contributed by atoms with E-state index in [1.807, 2.05) is 13.8 Å². The molecule has 96 valence electrons. The molecular weight excluding hydrogens is 202 g/mol. The van der Waals surface area contributed by atoms with Crippen LogP contribution in [0.5, 0.6) is 0 Å². The summed E-state index contributed by atoms with van der Waals surface area (Å²) in [4.78, 5) is 11.3. The molecule has 0 rings (SSSR count). The average molecular weight is 229 g/mol. The Balaban J connectivity index is 4.16. The molecule has 3 nitrogen and oxygen atoms in total. The molecule has 0 aliphatic heterocycles. The zero-order chi connectivity index (χ0) is 12.9. The number of rotatable bonds is 6. The summed E-state index contributed by atoms with van der Waals surface area (Å²) in [5, 5.41) is 3.42. The number of hydrogen-bond acceptors (Lipinski definition) is 3. The van der Waals surface area contributed by atoms with Crippen molar-refractivity contribution >= 4 is 5.97 Å². The van der Waals surface area contributed by atoms with Crippen LogP contribution in [0, 0.1) is 17.3 Å². The molecule has 1 N–H and O–H groups in total. The summed E-state index contributed by atoms with van der Waals surface area (Å²) >= 11 is 0. The van der Waals surface area contributed by atoms with E-state index in [9.17, 15) is 4.79 Å². The van der Waals surface area contributed by atoms with Gasteiger partial charge < -0.3 is 10.1 Å². The minimum Gasteiger partial charge on any atom is -0.469 e. The zero-order valence-electron chi connectivity index (χ0n) is 11.8. The smallest absolute Gasteiger partial charge is 0.309 e. The molecule has 0 spiro atoms. The minimum atomic E-state index is -0.151. The van der Waals surface area contributed by atoms with Crippen LogP contribution in [-0.4, -0.2) is 25.7 Å². The van der Waals surface area contributed by atoms with Gasteiger partial charge in [-0.05, 0) is 18.3 Å². The first-order valence-electron chi connectivity index (χ1n) is 6.03. The first kappa shape index (κ1) is 15.4.